The zero-order chi connectivity index (χ0) is 19.3. The second-order valence-corrected chi connectivity index (χ2v) is 6.93. The monoisotopic (exact) mass is 394 g/mol. The minimum absolute atomic E-state index is 0.167. The van der Waals surface area contributed by atoms with Crippen LogP contribution < -0.4 is 15.6 Å². The number of hydrogen-bond donors (Lipinski definition) is 2. The summed E-state index contributed by atoms with van der Waals surface area (Å²) in [5.41, 5.74) is 7.05. The average molecular weight is 395 g/mol. The normalized spacial score (nSPS) is 10.5. The van der Waals surface area contributed by atoms with Crippen molar-refractivity contribution in [2.24, 2.45) is 0 Å². The molecule has 5 nitrogen and oxygen atoms in total. The molecule has 0 spiro atoms. The van der Waals surface area contributed by atoms with Crippen LogP contribution in [0.3, 0.4) is 0 Å². The summed E-state index contributed by atoms with van der Waals surface area (Å²) >= 11 is 11.8. The summed E-state index contributed by atoms with van der Waals surface area (Å²) in [4.78, 5) is 23.9. The van der Waals surface area contributed by atoms with Crippen LogP contribution in [0.1, 0.15) is 41.3 Å². The van der Waals surface area contributed by atoms with E-state index in [1.807, 2.05) is 25.1 Å². The molecular weight excluding hydrogens is 375 g/mol. The van der Waals surface area contributed by atoms with Crippen molar-refractivity contribution in [1.29, 1.82) is 0 Å². The molecule has 0 heterocycles. The summed E-state index contributed by atoms with van der Waals surface area (Å²) in [5, 5.41) is 0.604. The van der Waals surface area contributed by atoms with Gasteiger partial charge in [0.25, 0.3) is 11.8 Å². The van der Waals surface area contributed by atoms with Crippen molar-refractivity contribution in [2.75, 3.05) is 6.61 Å². The molecule has 0 fully saturated rings. The van der Waals surface area contributed by atoms with Gasteiger partial charge in [-0.2, -0.15) is 0 Å². The van der Waals surface area contributed by atoms with Crippen LogP contribution >= 0.6 is 23.2 Å². The smallest absolute Gasteiger partial charge is 0.276 e. The van der Waals surface area contributed by atoms with Gasteiger partial charge in [-0.25, -0.2) is 0 Å². The second-order valence-electron chi connectivity index (χ2n) is 6.09. The number of ether oxygens (including phenoxy) is 1. The Morgan fingerprint density at radius 2 is 1.81 bits per heavy atom. The lowest BCUT2D eigenvalue weighted by atomic mass is 9.98. The topological polar surface area (TPSA) is 67.4 Å². The fourth-order valence-electron chi connectivity index (χ4n) is 2.44. The third-order valence-electron chi connectivity index (χ3n) is 3.72. The molecule has 0 aliphatic rings. The van der Waals surface area contributed by atoms with Gasteiger partial charge in [0.15, 0.2) is 6.61 Å². The molecule has 0 unspecified atom stereocenters. The summed E-state index contributed by atoms with van der Waals surface area (Å²) in [6.07, 6.45) is 0. The van der Waals surface area contributed by atoms with Crippen molar-refractivity contribution in [1.82, 2.24) is 10.9 Å². The van der Waals surface area contributed by atoms with Crippen LogP contribution in [0, 0.1) is 6.92 Å². The second kappa shape index (κ2) is 8.92. The number of aryl methyl sites for hydroxylation is 1. The summed E-state index contributed by atoms with van der Waals surface area (Å²) in [5.74, 6) is -0.0581. The van der Waals surface area contributed by atoms with E-state index in [1.54, 1.807) is 6.07 Å². The molecule has 2 N–H and O–H groups in total. The minimum Gasteiger partial charge on any atom is -0.484 e. The Morgan fingerprint density at radius 1 is 1.08 bits per heavy atom. The number of benzene rings is 2. The maximum Gasteiger partial charge on any atom is 0.276 e. The number of rotatable bonds is 5. The molecule has 0 aliphatic carbocycles. The molecule has 2 amide bonds. The molecule has 26 heavy (non-hydrogen) atoms. The first kappa shape index (κ1) is 20.1. The first-order valence-corrected chi connectivity index (χ1v) is 8.81. The Hall–Kier alpha value is -2.24. The Labute approximate surface area is 162 Å². The zero-order valence-electron chi connectivity index (χ0n) is 14.7. The minimum atomic E-state index is -0.567. The van der Waals surface area contributed by atoms with Gasteiger partial charge in [0.1, 0.15) is 5.75 Å². The summed E-state index contributed by atoms with van der Waals surface area (Å²) in [6.45, 7) is 6.00. The molecule has 0 bridgehead atoms. The maximum atomic E-state index is 12.0. The molecule has 7 heteroatoms. The quantitative estimate of drug-likeness (QED) is 0.744. The number of carbonyl (C=O) groups excluding carboxylic acids is 2. The highest BCUT2D eigenvalue weighted by Gasteiger charge is 2.12. The van der Waals surface area contributed by atoms with Crippen LogP contribution in [0.25, 0.3) is 0 Å². The molecule has 2 rings (SSSR count). The molecule has 2 aromatic carbocycles. The highest BCUT2D eigenvalue weighted by molar-refractivity contribution is 6.35. The maximum absolute atomic E-state index is 12.0. The number of halogens is 2. The summed E-state index contributed by atoms with van der Waals surface area (Å²) < 4.78 is 5.45. The SMILES string of the molecule is Cc1cc(OCC(=O)NNC(=O)c2cc(Cl)ccc2Cl)ccc1C(C)C. The Kier molecular flexibility index (Phi) is 6.89. The lowest BCUT2D eigenvalue weighted by molar-refractivity contribution is -0.123. The number of hydrogen-bond acceptors (Lipinski definition) is 3. The largest absolute Gasteiger partial charge is 0.484 e. The molecular formula is C19H20Cl2N2O3. The van der Waals surface area contributed by atoms with Crippen molar-refractivity contribution in [3.8, 4) is 5.75 Å². The fraction of sp³-hybridized carbons (Fsp3) is 0.263. The lowest BCUT2D eigenvalue weighted by Crippen LogP contribution is -2.43. The molecule has 0 atom stereocenters. The van der Waals surface area contributed by atoms with Crippen LogP contribution in [-0.2, 0) is 4.79 Å². The Morgan fingerprint density at radius 3 is 2.46 bits per heavy atom. The molecule has 0 radical (unpaired) electrons. The fourth-order valence-corrected chi connectivity index (χ4v) is 2.81. The van der Waals surface area contributed by atoms with Crippen LogP contribution in [0.2, 0.25) is 10.0 Å². The van der Waals surface area contributed by atoms with E-state index in [9.17, 15) is 9.59 Å². The van der Waals surface area contributed by atoms with Gasteiger partial charge in [-0.1, -0.05) is 43.1 Å². The first-order valence-electron chi connectivity index (χ1n) is 8.05. The van der Waals surface area contributed by atoms with Crippen LogP contribution in [0.15, 0.2) is 36.4 Å². The van der Waals surface area contributed by atoms with E-state index in [1.165, 1.54) is 17.7 Å². The molecule has 138 valence electrons. The summed E-state index contributed by atoms with van der Waals surface area (Å²) in [6, 6.07) is 10.2. The number of nitrogens with one attached hydrogen (secondary N) is 2. The van der Waals surface area contributed by atoms with Gasteiger partial charge in [-0.05, 0) is 54.3 Å². The zero-order valence-corrected chi connectivity index (χ0v) is 16.2. The van der Waals surface area contributed by atoms with E-state index in [0.29, 0.717) is 16.7 Å². The van der Waals surface area contributed by atoms with Crippen LogP contribution in [0.5, 0.6) is 5.75 Å². The van der Waals surface area contributed by atoms with Crippen molar-refractivity contribution in [3.05, 3.63) is 63.1 Å². The van der Waals surface area contributed by atoms with Gasteiger partial charge in [-0.3, -0.25) is 20.4 Å². The van der Waals surface area contributed by atoms with E-state index in [-0.39, 0.29) is 17.2 Å². The number of carbonyl (C=O) groups is 2. The molecule has 2 aromatic rings. The highest BCUT2D eigenvalue weighted by atomic mass is 35.5. The van der Waals surface area contributed by atoms with Gasteiger partial charge in [-0.15, -0.1) is 0 Å². The van der Waals surface area contributed by atoms with Gasteiger partial charge in [0.2, 0.25) is 0 Å². The Bertz CT molecular complexity index is 822. The van der Waals surface area contributed by atoms with Crippen LogP contribution in [-0.4, -0.2) is 18.4 Å². The predicted octanol–water partition coefficient (Wildman–Crippen LogP) is 4.27. The van der Waals surface area contributed by atoms with Gasteiger partial charge < -0.3 is 4.74 Å². The van der Waals surface area contributed by atoms with Crippen molar-refractivity contribution < 1.29 is 14.3 Å². The van der Waals surface area contributed by atoms with E-state index in [4.69, 9.17) is 27.9 Å². The molecule has 0 saturated heterocycles. The summed E-state index contributed by atoms with van der Waals surface area (Å²) in [7, 11) is 0. The van der Waals surface area contributed by atoms with Gasteiger partial charge in [0, 0.05) is 5.02 Å². The number of hydrazine groups is 1. The molecule has 0 aromatic heterocycles. The van der Waals surface area contributed by atoms with E-state index in [0.717, 1.165) is 5.56 Å². The standard InChI is InChI=1S/C19H20Cl2N2O3/c1-11(2)15-6-5-14(8-12(15)3)26-10-18(24)22-23-19(25)16-9-13(20)4-7-17(16)21/h4-9,11H,10H2,1-3H3,(H,22,24)(H,23,25). The average Bonchev–Trinajstić information content (AvgIpc) is 2.59. The molecule has 0 aliphatic heterocycles. The Balaban J connectivity index is 1.86. The van der Waals surface area contributed by atoms with Crippen LogP contribution in [0.4, 0.5) is 0 Å². The third kappa shape index (κ3) is 5.38. The van der Waals surface area contributed by atoms with Crippen molar-refractivity contribution in [3.63, 3.8) is 0 Å². The van der Waals surface area contributed by atoms with Gasteiger partial charge in [0.05, 0.1) is 10.6 Å². The van der Waals surface area contributed by atoms with E-state index >= 15 is 0 Å². The predicted molar refractivity (Wildman–Crippen MR) is 103 cm³/mol. The lowest BCUT2D eigenvalue weighted by Gasteiger charge is -2.13. The number of amides is 2. The van der Waals surface area contributed by atoms with Gasteiger partial charge >= 0.3 is 0 Å². The molecule has 0 saturated carbocycles. The third-order valence-corrected chi connectivity index (χ3v) is 4.29. The highest BCUT2D eigenvalue weighted by Crippen LogP contribution is 2.23. The van der Waals surface area contributed by atoms with Crippen molar-refractivity contribution in [2.45, 2.75) is 26.7 Å². The van der Waals surface area contributed by atoms with Crippen molar-refractivity contribution >= 4 is 35.0 Å². The van der Waals surface area contributed by atoms with E-state index in [2.05, 4.69) is 24.7 Å². The first-order chi connectivity index (χ1) is 12.3. The van der Waals surface area contributed by atoms with E-state index < -0.39 is 11.8 Å².